The second-order valence-electron chi connectivity index (χ2n) is 6.60. The van der Waals surface area contributed by atoms with E-state index < -0.39 is 6.05 Å². The van der Waals surface area contributed by atoms with E-state index in [-0.39, 0.29) is 11.8 Å². The molecule has 0 spiro atoms. The Bertz CT molecular complexity index is 251. The minimum atomic E-state index is -2.98. The number of rotatable bonds is 2. The summed E-state index contributed by atoms with van der Waals surface area (Å²) in [4.78, 5) is 0. The highest BCUT2D eigenvalue weighted by Crippen LogP contribution is 2.58. The minimum Gasteiger partial charge on any atom is -0.272 e. The smallest absolute Gasteiger partial charge is 0.272 e. The summed E-state index contributed by atoms with van der Waals surface area (Å²) in [6, 6.07) is -2.98. The van der Waals surface area contributed by atoms with Crippen molar-refractivity contribution in [3.8, 4) is 0 Å². The maximum absolute atomic E-state index is 13.0. The average molecular weight is 231 g/mol. The van der Waals surface area contributed by atoms with Crippen LogP contribution in [0.1, 0.15) is 52.4 Å². The van der Waals surface area contributed by atoms with Crippen molar-refractivity contribution >= 4 is 0 Å². The van der Waals surface area contributed by atoms with Crippen LogP contribution in [0.4, 0.5) is 8.78 Å². The van der Waals surface area contributed by atoms with Gasteiger partial charge in [-0.3, -0.25) is 5.73 Å². The Morgan fingerprint density at radius 1 is 1.12 bits per heavy atom. The van der Waals surface area contributed by atoms with Gasteiger partial charge in [0.2, 0.25) is 0 Å². The third-order valence-corrected chi connectivity index (χ3v) is 4.38. The fraction of sp³-hybridized carbons (Fsp3) is 1.00. The van der Waals surface area contributed by atoms with Gasteiger partial charge >= 0.3 is 6.05 Å². The van der Waals surface area contributed by atoms with Crippen LogP contribution < -0.4 is 5.73 Å². The van der Waals surface area contributed by atoms with Crippen LogP contribution in [0.2, 0.25) is 0 Å². The molecule has 0 aromatic rings. The second-order valence-corrected chi connectivity index (χ2v) is 6.60. The summed E-state index contributed by atoms with van der Waals surface area (Å²) in [6.45, 7) is 4.49. The van der Waals surface area contributed by atoms with Crippen LogP contribution in [-0.2, 0) is 0 Å². The van der Waals surface area contributed by atoms with Crippen molar-refractivity contribution in [2.24, 2.45) is 28.9 Å². The Kier molecular flexibility index (Phi) is 3.02. The zero-order valence-electron chi connectivity index (χ0n) is 10.3. The first kappa shape index (κ1) is 12.3. The maximum Gasteiger partial charge on any atom is 0.300 e. The van der Waals surface area contributed by atoms with E-state index in [9.17, 15) is 8.78 Å². The van der Waals surface area contributed by atoms with Gasteiger partial charge in [-0.1, -0.05) is 13.8 Å². The lowest BCUT2D eigenvalue weighted by molar-refractivity contribution is -0.102. The van der Waals surface area contributed by atoms with E-state index in [2.05, 4.69) is 13.8 Å². The molecule has 0 aromatic carbocycles. The molecule has 94 valence electrons. The van der Waals surface area contributed by atoms with Crippen molar-refractivity contribution in [2.75, 3.05) is 0 Å². The molecule has 16 heavy (non-hydrogen) atoms. The third kappa shape index (κ3) is 2.73. The zero-order chi connectivity index (χ0) is 12.0. The lowest BCUT2D eigenvalue weighted by atomic mass is 9.53. The molecular formula is C13H23F2N. The van der Waals surface area contributed by atoms with E-state index in [1.54, 1.807) is 0 Å². The third-order valence-electron chi connectivity index (χ3n) is 4.38. The van der Waals surface area contributed by atoms with Crippen LogP contribution in [0.5, 0.6) is 0 Å². The number of hydrogen-bond donors (Lipinski definition) is 1. The summed E-state index contributed by atoms with van der Waals surface area (Å²) in [5.41, 5.74) is 4.77. The van der Waals surface area contributed by atoms with E-state index in [0.29, 0.717) is 11.8 Å². The predicted octanol–water partition coefficient (Wildman–Crippen LogP) is 3.78. The number of hydrogen-bond acceptors (Lipinski definition) is 1. The standard InChI is InChI=1S/C13H23F2N/c1-9-3-10(2)5-12(8-13(14,15)16)6-11(4-9)7-12/h9-11H,3-8,16H2,1-2H3. The molecule has 2 bridgehead atoms. The Balaban J connectivity index is 2.02. The summed E-state index contributed by atoms with van der Waals surface area (Å²) in [5.74, 6) is 2.01. The summed E-state index contributed by atoms with van der Waals surface area (Å²) in [7, 11) is 0. The van der Waals surface area contributed by atoms with E-state index in [1.807, 2.05) is 0 Å². The predicted molar refractivity (Wildman–Crippen MR) is 61.1 cm³/mol. The zero-order valence-corrected chi connectivity index (χ0v) is 10.3. The molecule has 0 amide bonds. The van der Waals surface area contributed by atoms with Gasteiger partial charge in [-0.2, -0.15) is 8.78 Å². The van der Waals surface area contributed by atoms with Crippen LogP contribution >= 0.6 is 0 Å². The molecule has 3 saturated carbocycles. The summed E-state index contributed by atoms with van der Waals surface area (Å²) in [6.07, 6.45) is 5.22. The van der Waals surface area contributed by atoms with Crippen LogP contribution in [0.25, 0.3) is 0 Å². The molecule has 0 aromatic heterocycles. The van der Waals surface area contributed by atoms with Gasteiger partial charge in [0.05, 0.1) is 0 Å². The molecule has 0 radical (unpaired) electrons. The van der Waals surface area contributed by atoms with Crippen molar-refractivity contribution in [2.45, 2.75) is 58.4 Å². The van der Waals surface area contributed by atoms with Gasteiger partial charge in [0.15, 0.2) is 0 Å². The summed E-state index contributed by atoms with van der Waals surface area (Å²) < 4.78 is 26.0. The van der Waals surface area contributed by atoms with Gasteiger partial charge in [-0.25, -0.2) is 0 Å². The molecular weight excluding hydrogens is 208 g/mol. The van der Waals surface area contributed by atoms with E-state index in [4.69, 9.17) is 5.73 Å². The highest BCUT2D eigenvalue weighted by molar-refractivity contribution is 4.98. The molecule has 3 aliphatic rings. The van der Waals surface area contributed by atoms with E-state index in [1.165, 1.54) is 12.8 Å². The first-order valence-corrected chi connectivity index (χ1v) is 6.45. The highest BCUT2D eigenvalue weighted by Gasteiger charge is 2.50. The molecule has 0 aliphatic heterocycles. The molecule has 2 unspecified atom stereocenters. The Morgan fingerprint density at radius 3 is 2.31 bits per heavy atom. The first-order valence-electron chi connectivity index (χ1n) is 6.45. The number of fused-ring (bicyclic) bond motifs is 4. The SMILES string of the molecule is CC1CC(C)CC2(CC(N)(F)F)CC(C1)C2. The second kappa shape index (κ2) is 3.94. The van der Waals surface area contributed by atoms with Crippen LogP contribution in [-0.4, -0.2) is 6.05 Å². The van der Waals surface area contributed by atoms with Gasteiger partial charge in [-0.15, -0.1) is 0 Å². The van der Waals surface area contributed by atoms with Crippen molar-refractivity contribution < 1.29 is 8.78 Å². The fourth-order valence-electron chi connectivity index (χ4n) is 4.39. The minimum absolute atomic E-state index is 0.102. The summed E-state index contributed by atoms with van der Waals surface area (Å²) >= 11 is 0. The Hall–Kier alpha value is -0.180. The fourth-order valence-corrected chi connectivity index (χ4v) is 4.39. The highest BCUT2D eigenvalue weighted by atomic mass is 19.3. The molecule has 3 heteroatoms. The number of alkyl halides is 2. The Labute approximate surface area is 96.8 Å². The van der Waals surface area contributed by atoms with Crippen LogP contribution in [0.15, 0.2) is 0 Å². The summed E-state index contributed by atoms with van der Waals surface area (Å²) in [5, 5.41) is 0. The monoisotopic (exact) mass is 231 g/mol. The lowest BCUT2D eigenvalue weighted by Gasteiger charge is -2.53. The molecule has 3 rings (SSSR count). The molecule has 3 aliphatic carbocycles. The normalized spacial score (nSPS) is 44.4. The Morgan fingerprint density at radius 2 is 1.75 bits per heavy atom. The van der Waals surface area contributed by atoms with Gasteiger partial charge in [0.25, 0.3) is 0 Å². The van der Waals surface area contributed by atoms with Crippen molar-refractivity contribution in [1.82, 2.24) is 0 Å². The molecule has 2 atom stereocenters. The van der Waals surface area contributed by atoms with Gasteiger partial charge < -0.3 is 0 Å². The average Bonchev–Trinajstić information content (AvgIpc) is 1.93. The van der Waals surface area contributed by atoms with Crippen molar-refractivity contribution in [1.29, 1.82) is 0 Å². The van der Waals surface area contributed by atoms with E-state index in [0.717, 1.165) is 25.2 Å². The molecule has 0 heterocycles. The molecule has 0 saturated heterocycles. The number of nitrogens with two attached hydrogens (primary N) is 1. The van der Waals surface area contributed by atoms with Gasteiger partial charge in [0, 0.05) is 6.42 Å². The van der Waals surface area contributed by atoms with Crippen LogP contribution in [0, 0.1) is 23.2 Å². The maximum atomic E-state index is 13.0. The largest absolute Gasteiger partial charge is 0.300 e. The van der Waals surface area contributed by atoms with Crippen LogP contribution in [0.3, 0.4) is 0 Å². The lowest BCUT2D eigenvalue weighted by Crippen LogP contribution is -2.47. The molecule has 3 fully saturated rings. The molecule has 1 nitrogen and oxygen atoms in total. The molecule has 2 N–H and O–H groups in total. The quantitative estimate of drug-likeness (QED) is 0.719. The van der Waals surface area contributed by atoms with Crippen molar-refractivity contribution in [3.05, 3.63) is 0 Å². The van der Waals surface area contributed by atoms with Gasteiger partial charge in [0.1, 0.15) is 0 Å². The van der Waals surface area contributed by atoms with Gasteiger partial charge in [-0.05, 0) is 55.3 Å². The topological polar surface area (TPSA) is 26.0 Å². The first-order chi connectivity index (χ1) is 7.28. The van der Waals surface area contributed by atoms with Crippen molar-refractivity contribution in [3.63, 3.8) is 0 Å². The van der Waals surface area contributed by atoms with E-state index >= 15 is 0 Å². The number of halogens is 2.